The maximum absolute atomic E-state index is 13.3. The molecule has 2 aromatic carbocycles. The van der Waals surface area contributed by atoms with Gasteiger partial charge in [0, 0.05) is 36.2 Å². The molecule has 0 radical (unpaired) electrons. The number of hydrogen-bond donors (Lipinski definition) is 1. The molecule has 2 unspecified atom stereocenters. The molecule has 0 aliphatic carbocycles. The van der Waals surface area contributed by atoms with E-state index in [9.17, 15) is 9.18 Å². The fourth-order valence-electron chi connectivity index (χ4n) is 4.05. The fraction of sp³-hybridized carbons (Fsp3) is 0.273. The van der Waals surface area contributed by atoms with E-state index in [1.54, 1.807) is 18.2 Å². The van der Waals surface area contributed by atoms with E-state index in [2.05, 4.69) is 17.2 Å². The second-order valence-corrected chi connectivity index (χ2v) is 7.28. The summed E-state index contributed by atoms with van der Waals surface area (Å²) in [5, 5.41) is 4.20. The maximum atomic E-state index is 13.3. The third kappa shape index (κ3) is 3.02. The Hall–Kier alpha value is -2.97. The Morgan fingerprint density at radius 3 is 2.74 bits per heavy atom. The minimum absolute atomic E-state index is 0.0222. The highest BCUT2D eigenvalue weighted by molar-refractivity contribution is 5.79. The molecule has 2 aliphatic rings. The van der Waals surface area contributed by atoms with Crippen molar-refractivity contribution in [2.75, 3.05) is 0 Å². The van der Waals surface area contributed by atoms with Gasteiger partial charge in [-0.05, 0) is 49.2 Å². The van der Waals surface area contributed by atoms with Crippen molar-refractivity contribution in [3.05, 3.63) is 75.6 Å². The minimum atomic E-state index is -0.305. The summed E-state index contributed by atoms with van der Waals surface area (Å²) >= 11 is 0. The lowest BCUT2D eigenvalue weighted by Gasteiger charge is -2.15. The summed E-state index contributed by atoms with van der Waals surface area (Å²) in [4.78, 5) is 17.7. The largest absolute Gasteiger partial charge is 0.309 e. The van der Waals surface area contributed by atoms with Crippen LogP contribution in [0.1, 0.15) is 29.8 Å². The van der Waals surface area contributed by atoms with Crippen LogP contribution in [0.25, 0.3) is 10.9 Å². The summed E-state index contributed by atoms with van der Waals surface area (Å²) in [6.07, 6.45) is 3.03. The molecule has 27 heavy (non-hydrogen) atoms. The lowest BCUT2D eigenvalue weighted by atomic mass is 10.1. The third-order valence-electron chi connectivity index (χ3n) is 5.38. The molecule has 4 nitrogen and oxygen atoms in total. The molecule has 1 saturated heterocycles. The molecule has 5 rings (SSSR count). The molecule has 134 valence electrons. The molecule has 3 heterocycles. The summed E-state index contributed by atoms with van der Waals surface area (Å²) in [5.41, 5.74) is 2.08. The van der Waals surface area contributed by atoms with Crippen molar-refractivity contribution in [1.82, 2.24) is 14.9 Å². The fourth-order valence-corrected chi connectivity index (χ4v) is 4.05. The van der Waals surface area contributed by atoms with Crippen LogP contribution in [0, 0.1) is 17.7 Å². The second kappa shape index (κ2) is 6.33. The van der Waals surface area contributed by atoms with Gasteiger partial charge in [0.2, 0.25) is 0 Å². The highest BCUT2D eigenvalue weighted by atomic mass is 19.1. The number of rotatable bonds is 0. The molecule has 2 atom stereocenters. The van der Waals surface area contributed by atoms with Crippen molar-refractivity contribution in [2.24, 2.45) is 0 Å². The van der Waals surface area contributed by atoms with E-state index < -0.39 is 0 Å². The van der Waals surface area contributed by atoms with Gasteiger partial charge in [0.05, 0.1) is 10.9 Å². The van der Waals surface area contributed by atoms with Gasteiger partial charge in [0.25, 0.3) is 5.56 Å². The summed E-state index contributed by atoms with van der Waals surface area (Å²) in [7, 11) is 0. The first-order valence-corrected chi connectivity index (χ1v) is 9.23. The molecule has 0 spiro atoms. The van der Waals surface area contributed by atoms with Crippen LogP contribution in [0.4, 0.5) is 4.39 Å². The zero-order valence-corrected chi connectivity index (χ0v) is 14.7. The molecule has 1 aromatic heterocycles. The first-order valence-electron chi connectivity index (χ1n) is 9.23. The van der Waals surface area contributed by atoms with Crippen LogP contribution in [0.3, 0.4) is 0 Å². The average molecular weight is 359 g/mol. The minimum Gasteiger partial charge on any atom is -0.309 e. The number of hydrogen-bond acceptors (Lipinski definition) is 3. The molecular weight excluding hydrogens is 341 g/mol. The average Bonchev–Trinajstić information content (AvgIpc) is 3.00. The lowest BCUT2D eigenvalue weighted by molar-refractivity contribution is 0.499. The van der Waals surface area contributed by atoms with Crippen LogP contribution in [0.2, 0.25) is 0 Å². The number of aromatic nitrogens is 2. The van der Waals surface area contributed by atoms with Gasteiger partial charge >= 0.3 is 0 Å². The molecule has 2 aliphatic heterocycles. The van der Waals surface area contributed by atoms with Crippen LogP contribution in [-0.4, -0.2) is 21.6 Å². The van der Waals surface area contributed by atoms with Crippen LogP contribution >= 0.6 is 0 Å². The van der Waals surface area contributed by atoms with Crippen molar-refractivity contribution in [3.63, 3.8) is 0 Å². The molecule has 0 saturated carbocycles. The number of nitrogens with one attached hydrogen (secondary N) is 1. The van der Waals surface area contributed by atoms with Gasteiger partial charge in [-0.3, -0.25) is 9.36 Å². The standard InChI is InChI=1S/C22H18FN3O/c23-16-3-1-2-14(10-16)4-5-15-6-9-19-20(11-15)25-21-12-17-7-8-18(24-17)13-26(21)22(19)27/h1-3,6,9-11,17-18,24H,7-8,12-13H2. The van der Waals surface area contributed by atoms with Crippen LogP contribution in [0.5, 0.6) is 0 Å². The Morgan fingerprint density at radius 1 is 1.07 bits per heavy atom. The predicted molar refractivity (Wildman–Crippen MR) is 102 cm³/mol. The number of halogens is 1. The van der Waals surface area contributed by atoms with Gasteiger partial charge < -0.3 is 5.32 Å². The number of benzene rings is 2. The normalized spacial score (nSPS) is 20.6. The molecule has 5 heteroatoms. The first kappa shape index (κ1) is 16.2. The van der Waals surface area contributed by atoms with Gasteiger partial charge in [-0.25, -0.2) is 9.37 Å². The van der Waals surface area contributed by atoms with Gasteiger partial charge in [-0.2, -0.15) is 0 Å². The van der Waals surface area contributed by atoms with E-state index in [-0.39, 0.29) is 11.4 Å². The van der Waals surface area contributed by atoms with Crippen molar-refractivity contribution in [2.45, 2.75) is 37.9 Å². The molecule has 1 N–H and O–H groups in total. The topological polar surface area (TPSA) is 46.9 Å². The van der Waals surface area contributed by atoms with Crippen molar-refractivity contribution >= 4 is 10.9 Å². The smallest absolute Gasteiger partial charge is 0.261 e. The Balaban J connectivity index is 1.57. The Labute approximate surface area is 156 Å². The van der Waals surface area contributed by atoms with Gasteiger partial charge in [0.15, 0.2) is 0 Å². The lowest BCUT2D eigenvalue weighted by Crippen LogP contribution is -2.32. The highest BCUT2D eigenvalue weighted by Crippen LogP contribution is 2.22. The van der Waals surface area contributed by atoms with E-state index in [0.717, 1.165) is 30.7 Å². The van der Waals surface area contributed by atoms with Crippen LogP contribution in [-0.2, 0) is 13.0 Å². The van der Waals surface area contributed by atoms with E-state index in [4.69, 9.17) is 4.98 Å². The molecule has 2 bridgehead atoms. The highest BCUT2D eigenvalue weighted by Gasteiger charge is 2.30. The molecular formula is C22H18FN3O. The SMILES string of the molecule is O=c1c2ccc(C#Cc3cccc(F)c3)cc2nc2n1CC1CCC(C2)N1. The number of nitrogens with zero attached hydrogens (tertiary/aromatic N) is 2. The van der Waals surface area contributed by atoms with Crippen molar-refractivity contribution in [1.29, 1.82) is 0 Å². The van der Waals surface area contributed by atoms with Crippen LogP contribution in [0.15, 0.2) is 47.3 Å². The van der Waals surface area contributed by atoms with Crippen LogP contribution < -0.4 is 10.9 Å². The maximum Gasteiger partial charge on any atom is 0.261 e. The zero-order valence-electron chi connectivity index (χ0n) is 14.7. The Bertz CT molecular complexity index is 1170. The Kier molecular flexibility index (Phi) is 3.80. The second-order valence-electron chi connectivity index (χ2n) is 7.28. The zero-order chi connectivity index (χ0) is 18.4. The van der Waals surface area contributed by atoms with E-state index in [1.807, 2.05) is 16.7 Å². The Morgan fingerprint density at radius 2 is 1.89 bits per heavy atom. The monoisotopic (exact) mass is 359 g/mol. The summed E-state index contributed by atoms with van der Waals surface area (Å²) in [6.45, 7) is 0.689. The molecule has 0 amide bonds. The summed E-state index contributed by atoms with van der Waals surface area (Å²) < 4.78 is 15.1. The van der Waals surface area contributed by atoms with Gasteiger partial charge in [-0.1, -0.05) is 17.9 Å². The van der Waals surface area contributed by atoms with E-state index in [0.29, 0.717) is 35.1 Å². The molecule has 1 fully saturated rings. The van der Waals surface area contributed by atoms with Crippen molar-refractivity contribution in [3.8, 4) is 11.8 Å². The number of fused-ring (bicyclic) bond motifs is 4. The predicted octanol–water partition coefficient (Wildman–Crippen LogP) is 2.61. The summed E-state index contributed by atoms with van der Waals surface area (Å²) in [6, 6.07) is 12.4. The van der Waals surface area contributed by atoms with Crippen molar-refractivity contribution < 1.29 is 4.39 Å². The first-order chi connectivity index (χ1) is 13.2. The van der Waals surface area contributed by atoms with E-state index in [1.165, 1.54) is 12.1 Å². The van der Waals surface area contributed by atoms with Gasteiger partial charge in [0.1, 0.15) is 11.6 Å². The third-order valence-corrected chi connectivity index (χ3v) is 5.38. The molecule has 3 aromatic rings. The van der Waals surface area contributed by atoms with E-state index >= 15 is 0 Å². The van der Waals surface area contributed by atoms with Gasteiger partial charge in [-0.15, -0.1) is 0 Å². The quantitative estimate of drug-likeness (QED) is 0.628. The summed E-state index contributed by atoms with van der Waals surface area (Å²) in [5.74, 6) is 6.55.